The predicted molar refractivity (Wildman–Crippen MR) is 157 cm³/mol. The quantitative estimate of drug-likeness (QED) is 0.269. The number of nitrogens with zero attached hydrogens (tertiary/aromatic N) is 5. The zero-order valence-electron chi connectivity index (χ0n) is 25.2. The second-order valence-corrected chi connectivity index (χ2v) is 10.5. The number of likely N-dealkylation sites (N-methyl/N-ethyl adjacent to an activating group) is 1. The summed E-state index contributed by atoms with van der Waals surface area (Å²) in [6, 6.07) is 6.67. The lowest BCUT2D eigenvalue weighted by atomic mass is 10.1. The highest BCUT2D eigenvalue weighted by atomic mass is 19.4. The van der Waals surface area contributed by atoms with Crippen LogP contribution in [-0.4, -0.2) is 71.5 Å². The minimum Gasteiger partial charge on any atom is -0.497 e. The van der Waals surface area contributed by atoms with Gasteiger partial charge in [0.05, 0.1) is 24.9 Å². The first-order valence-corrected chi connectivity index (χ1v) is 13.9. The van der Waals surface area contributed by atoms with Gasteiger partial charge in [0.15, 0.2) is 5.82 Å². The maximum atomic E-state index is 15.5. The Balaban J connectivity index is 1.73. The zero-order chi connectivity index (χ0) is 35.1. The molecule has 0 bridgehead atoms. The zero-order valence-corrected chi connectivity index (χ0v) is 25.2. The van der Waals surface area contributed by atoms with Gasteiger partial charge in [0, 0.05) is 51.1 Å². The third-order valence-corrected chi connectivity index (χ3v) is 7.53. The van der Waals surface area contributed by atoms with Gasteiger partial charge in [-0.2, -0.15) is 26.6 Å². The van der Waals surface area contributed by atoms with Crippen molar-refractivity contribution in [1.82, 2.24) is 19.2 Å². The van der Waals surface area contributed by atoms with Gasteiger partial charge in [0.25, 0.3) is 11.5 Å². The fourth-order valence-electron chi connectivity index (χ4n) is 5.21. The van der Waals surface area contributed by atoms with Crippen molar-refractivity contribution in [2.24, 2.45) is 7.05 Å². The molecule has 3 heterocycles. The minimum atomic E-state index is -5.17. The van der Waals surface area contributed by atoms with Gasteiger partial charge in [-0.3, -0.25) is 19.1 Å². The molecule has 0 spiro atoms. The molecule has 2 aromatic heterocycles. The number of aromatic nitrogens is 3. The van der Waals surface area contributed by atoms with E-state index in [0.29, 0.717) is 9.36 Å². The summed E-state index contributed by atoms with van der Waals surface area (Å²) in [7, 11) is 3.65. The third kappa shape index (κ3) is 6.37. The number of rotatable bonds is 8. The first kappa shape index (κ1) is 33.8. The molecule has 0 atom stereocenters. The molecular weight excluding hydrogens is 657 g/mol. The van der Waals surface area contributed by atoms with Gasteiger partial charge in [0.2, 0.25) is 5.91 Å². The predicted octanol–water partition coefficient (Wildman–Crippen LogP) is 4.68. The summed E-state index contributed by atoms with van der Waals surface area (Å²) in [5.74, 6) is -5.71. The normalized spacial score (nSPS) is 13.7. The van der Waals surface area contributed by atoms with Gasteiger partial charge in [0.1, 0.15) is 40.1 Å². The third-order valence-electron chi connectivity index (χ3n) is 7.53. The molecule has 0 unspecified atom stereocenters. The van der Waals surface area contributed by atoms with Crippen LogP contribution in [0.15, 0.2) is 53.5 Å². The number of benzene rings is 2. The summed E-state index contributed by atoms with van der Waals surface area (Å²) >= 11 is 0. The van der Waals surface area contributed by atoms with Crippen LogP contribution in [0, 0.1) is 11.6 Å². The largest absolute Gasteiger partial charge is 0.497 e. The average Bonchev–Trinajstić information content (AvgIpc) is 3.25. The number of carbonyl (C=O) groups excluding carboxylic acids is 2. The van der Waals surface area contributed by atoms with Crippen LogP contribution in [0.3, 0.4) is 0 Å². The van der Waals surface area contributed by atoms with Gasteiger partial charge in [-0.05, 0) is 30.3 Å². The molecule has 1 aliphatic rings. The first-order chi connectivity index (χ1) is 22.6. The van der Waals surface area contributed by atoms with Crippen LogP contribution in [0.1, 0.15) is 15.9 Å². The number of alkyl halides is 5. The number of pyridine rings is 1. The molecule has 0 saturated carbocycles. The van der Waals surface area contributed by atoms with E-state index in [1.807, 2.05) is 0 Å². The number of ether oxygens (including phenoxy) is 2. The Morgan fingerprint density at radius 2 is 1.62 bits per heavy atom. The van der Waals surface area contributed by atoms with Crippen molar-refractivity contribution in [3.8, 4) is 28.6 Å². The topological polar surface area (TPSA) is 111 Å². The first-order valence-electron chi connectivity index (χ1n) is 13.9. The smallest absolute Gasteiger partial charge is 0.422 e. The molecule has 1 fully saturated rings. The summed E-state index contributed by atoms with van der Waals surface area (Å²) in [6.45, 7) is -3.47. The molecule has 2 aromatic carbocycles. The van der Waals surface area contributed by atoms with Gasteiger partial charge in [-0.1, -0.05) is 0 Å². The van der Waals surface area contributed by atoms with Crippen molar-refractivity contribution in [2.75, 3.05) is 44.0 Å². The minimum absolute atomic E-state index is 0.00673. The molecule has 0 radical (unpaired) electrons. The van der Waals surface area contributed by atoms with Crippen LogP contribution in [0.2, 0.25) is 0 Å². The number of hydrogen-bond acceptors (Lipinski definition) is 7. The Morgan fingerprint density at radius 3 is 2.19 bits per heavy atom. The number of nitrogens with one attached hydrogen (secondary N) is 1. The van der Waals surface area contributed by atoms with E-state index in [2.05, 4.69) is 15.0 Å². The number of amides is 2. The number of anilines is 2. The fourth-order valence-corrected chi connectivity index (χ4v) is 5.21. The number of piperazine rings is 1. The summed E-state index contributed by atoms with van der Waals surface area (Å²) in [5.41, 5.74) is -5.93. The fraction of sp³-hybridized carbons (Fsp3) is 0.267. The van der Waals surface area contributed by atoms with Crippen LogP contribution >= 0.6 is 0 Å². The second kappa shape index (κ2) is 12.9. The van der Waals surface area contributed by atoms with E-state index in [9.17, 15) is 36.3 Å². The number of carbonyl (C=O) groups is 2. The van der Waals surface area contributed by atoms with Gasteiger partial charge in [-0.25, -0.2) is 13.8 Å². The summed E-state index contributed by atoms with van der Waals surface area (Å²) in [4.78, 5) is 46.0. The average molecular weight is 683 g/mol. The van der Waals surface area contributed by atoms with E-state index < -0.39 is 82.4 Å². The molecule has 48 heavy (non-hydrogen) atoms. The van der Waals surface area contributed by atoms with Crippen LogP contribution in [0.5, 0.6) is 11.5 Å². The Kier molecular flexibility index (Phi) is 9.10. The van der Waals surface area contributed by atoms with Crippen molar-refractivity contribution in [3.63, 3.8) is 0 Å². The lowest BCUT2D eigenvalue weighted by Crippen LogP contribution is -2.49. The molecule has 5 rings (SSSR count). The van der Waals surface area contributed by atoms with E-state index in [1.165, 1.54) is 11.9 Å². The lowest BCUT2D eigenvalue weighted by Gasteiger charge is -2.35. The van der Waals surface area contributed by atoms with E-state index in [-0.39, 0.29) is 30.2 Å². The van der Waals surface area contributed by atoms with Crippen molar-refractivity contribution in [2.45, 2.75) is 12.8 Å². The molecule has 11 nitrogen and oxygen atoms in total. The molecule has 1 aliphatic heterocycles. The van der Waals surface area contributed by atoms with Gasteiger partial charge >= 0.3 is 12.8 Å². The summed E-state index contributed by atoms with van der Waals surface area (Å²) in [6.07, 6.45) is -4.20. The van der Waals surface area contributed by atoms with Gasteiger partial charge in [-0.15, -0.1) is 0 Å². The monoisotopic (exact) mass is 682 g/mol. The standard InChI is InChI=1S/C30H25F7N6O5/c1-40-10-11-42(14-21(40)44)20-8-9-38-26(23(20)30(35,36)37)43-28(46)24(39-27(45)15-4-6-16(7-5-15)48-29(33)34)25(41(43)2)22-18(31)12-17(47-3)13-19(22)32/h4-9,12-13,29H,10-11,14H2,1-3H3,(H,39,45). The maximum Gasteiger partial charge on any atom is 0.422 e. The number of hydrogen-bond donors (Lipinski definition) is 1. The van der Waals surface area contributed by atoms with E-state index in [1.54, 1.807) is 0 Å². The highest BCUT2D eigenvalue weighted by Gasteiger charge is 2.42. The molecule has 254 valence electrons. The molecule has 18 heteroatoms. The van der Waals surface area contributed by atoms with Crippen molar-refractivity contribution in [3.05, 3.63) is 81.8 Å². The maximum absolute atomic E-state index is 15.5. The Morgan fingerprint density at radius 1 is 0.979 bits per heavy atom. The summed E-state index contributed by atoms with van der Waals surface area (Å²) in [5, 5.41) is 2.20. The molecule has 1 N–H and O–H groups in total. The van der Waals surface area contributed by atoms with Crippen LogP contribution in [0.25, 0.3) is 17.1 Å². The molecule has 1 saturated heterocycles. The van der Waals surface area contributed by atoms with Crippen LogP contribution in [-0.2, 0) is 18.0 Å². The molecule has 2 amide bonds. The van der Waals surface area contributed by atoms with Crippen LogP contribution < -0.4 is 25.2 Å². The second-order valence-electron chi connectivity index (χ2n) is 10.5. The van der Waals surface area contributed by atoms with Crippen LogP contribution in [0.4, 0.5) is 42.1 Å². The molecule has 0 aliphatic carbocycles. The van der Waals surface area contributed by atoms with Gasteiger partial charge < -0.3 is 24.6 Å². The highest BCUT2D eigenvalue weighted by Crippen LogP contribution is 2.41. The molecular formula is C30H25F7N6O5. The SMILES string of the molecule is COc1cc(F)c(-c2c(NC(=O)c3ccc(OC(F)F)cc3)c(=O)n(-c3nccc(N4CCN(C)C(=O)C4)c3C(F)(F)F)n2C)c(F)c1. The Hall–Kier alpha value is -5.55. The molecule has 4 aromatic rings. The lowest BCUT2D eigenvalue weighted by molar-refractivity contribution is -0.138. The van der Waals surface area contributed by atoms with Crippen molar-refractivity contribution >= 4 is 23.2 Å². The number of halogens is 7. The Bertz CT molecular complexity index is 1920. The van der Waals surface area contributed by atoms with Crippen molar-refractivity contribution < 1.29 is 49.8 Å². The number of methoxy groups -OCH3 is 1. The van der Waals surface area contributed by atoms with E-state index in [4.69, 9.17) is 4.74 Å². The summed E-state index contributed by atoms with van der Waals surface area (Å²) < 4.78 is 111. The highest BCUT2D eigenvalue weighted by molar-refractivity contribution is 6.06. The van der Waals surface area contributed by atoms with E-state index >= 15 is 8.78 Å². The Labute approximate surface area is 266 Å². The van der Waals surface area contributed by atoms with E-state index in [0.717, 1.165) is 67.7 Å². The van der Waals surface area contributed by atoms with Crippen molar-refractivity contribution in [1.29, 1.82) is 0 Å².